The molecule has 210 valence electrons. The van der Waals surface area contributed by atoms with Crippen molar-refractivity contribution in [1.82, 2.24) is 19.8 Å². The third kappa shape index (κ3) is 6.15. The van der Waals surface area contributed by atoms with E-state index in [0.29, 0.717) is 6.04 Å². The molecule has 9 nitrogen and oxygen atoms in total. The van der Waals surface area contributed by atoms with Gasteiger partial charge in [-0.05, 0) is 31.0 Å². The fraction of sp³-hybridized carbons (Fsp3) is 0.586. The molecule has 0 amide bonds. The molecule has 0 aliphatic carbocycles. The molecule has 0 saturated carbocycles. The molecule has 1 atom stereocenters. The van der Waals surface area contributed by atoms with Crippen LogP contribution in [0.3, 0.4) is 0 Å². The molecule has 39 heavy (non-hydrogen) atoms. The van der Waals surface area contributed by atoms with Crippen LogP contribution in [0.4, 0.5) is 10.8 Å². The number of pyridine rings is 1. The van der Waals surface area contributed by atoms with Crippen molar-refractivity contribution in [3.05, 3.63) is 41.5 Å². The number of hydrogen-bond donors (Lipinski definition) is 0. The van der Waals surface area contributed by atoms with Gasteiger partial charge < -0.3 is 24.0 Å². The van der Waals surface area contributed by atoms with E-state index in [1.807, 2.05) is 12.3 Å². The molecule has 0 bridgehead atoms. The highest BCUT2D eigenvalue weighted by Gasteiger charge is 2.29. The van der Waals surface area contributed by atoms with E-state index >= 15 is 0 Å². The van der Waals surface area contributed by atoms with E-state index < -0.39 is 0 Å². The summed E-state index contributed by atoms with van der Waals surface area (Å²) in [7, 11) is 1.76. The van der Waals surface area contributed by atoms with Gasteiger partial charge in [-0.2, -0.15) is 0 Å². The molecule has 0 N–H and O–H groups in total. The summed E-state index contributed by atoms with van der Waals surface area (Å²) in [5, 5.41) is 4.58. The van der Waals surface area contributed by atoms with Gasteiger partial charge in [-0.3, -0.25) is 14.8 Å². The van der Waals surface area contributed by atoms with Gasteiger partial charge in [0, 0.05) is 75.9 Å². The number of thiazole rings is 1. The summed E-state index contributed by atoms with van der Waals surface area (Å²) in [6.45, 7) is 12.1. The summed E-state index contributed by atoms with van der Waals surface area (Å²) in [5.41, 5.74) is 3.35. The van der Waals surface area contributed by atoms with Gasteiger partial charge in [0.15, 0.2) is 5.13 Å². The number of morpholine rings is 2. The Morgan fingerprint density at radius 3 is 2.56 bits per heavy atom. The van der Waals surface area contributed by atoms with Crippen molar-refractivity contribution in [3.8, 4) is 5.75 Å². The molecule has 5 heterocycles. The van der Waals surface area contributed by atoms with Crippen LogP contribution in [0.2, 0.25) is 0 Å². The topological polar surface area (TPSA) is 66.4 Å². The predicted molar refractivity (Wildman–Crippen MR) is 156 cm³/mol. The zero-order valence-corrected chi connectivity index (χ0v) is 23.8. The molecule has 10 heteroatoms. The summed E-state index contributed by atoms with van der Waals surface area (Å²) >= 11 is 1.78. The van der Waals surface area contributed by atoms with Crippen LogP contribution in [-0.4, -0.2) is 112 Å². The van der Waals surface area contributed by atoms with E-state index in [2.05, 4.69) is 43.2 Å². The molecule has 3 aromatic rings. The van der Waals surface area contributed by atoms with Crippen LogP contribution in [0.25, 0.3) is 10.9 Å². The molecule has 0 radical (unpaired) electrons. The lowest BCUT2D eigenvalue weighted by molar-refractivity contribution is 0.0328. The van der Waals surface area contributed by atoms with E-state index in [1.165, 1.54) is 5.69 Å². The molecule has 3 saturated heterocycles. The van der Waals surface area contributed by atoms with Gasteiger partial charge in [0.1, 0.15) is 11.4 Å². The fourth-order valence-electron chi connectivity index (χ4n) is 6.03. The third-order valence-corrected chi connectivity index (χ3v) is 9.09. The van der Waals surface area contributed by atoms with Crippen LogP contribution in [0.15, 0.2) is 35.8 Å². The van der Waals surface area contributed by atoms with Gasteiger partial charge in [-0.1, -0.05) is 6.07 Å². The lowest BCUT2D eigenvalue weighted by Gasteiger charge is -2.33. The first-order valence-corrected chi connectivity index (χ1v) is 15.2. The Hall–Kier alpha value is -2.50. The second-order valence-electron chi connectivity index (χ2n) is 10.5. The van der Waals surface area contributed by atoms with Crippen LogP contribution in [0.5, 0.6) is 5.75 Å². The Morgan fingerprint density at radius 1 is 0.923 bits per heavy atom. The van der Waals surface area contributed by atoms with E-state index in [0.717, 1.165) is 126 Å². The predicted octanol–water partition coefficient (Wildman–Crippen LogP) is 3.51. The number of fused-ring (bicyclic) bond motifs is 1. The third-order valence-electron chi connectivity index (χ3n) is 8.17. The largest absolute Gasteiger partial charge is 0.494 e. The molecule has 1 aromatic carbocycles. The quantitative estimate of drug-likeness (QED) is 0.418. The molecule has 3 fully saturated rings. The standard InChI is InChI=1S/C29H40N6O3S/c1-36-26-6-5-23-4-2-8-30-27(23)28(26)34-10-3-9-33(12-13-34)25(7-11-32-14-18-37-19-15-32)24-22-39-29(31-24)35-16-20-38-21-17-35/h2,4-6,8,22,25H,3,7,9-21H2,1H3. The van der Waals surface area contributed by atoms with Gasteiger partial charge in [-0.15, -0.1) is 11.3 Å². The molecule has 3 aliphatic heterocycles. The second-order valence-corrected chi connectivity index (χ2v) is 11.3. The Bertz CT molecular complexity index is 1210. The van der Waals surface area contributed by atoms with Gasteiger partial charge >= 0.3 is 0 Å². The molecule has 0 spiro atoms. The number of methoxy groups -OCH3 is 1. The molecule has 1 unspecified atom stereocenters. The minimum atomic E-state index is 0.298. The first-order chi connectivity index (χ1) is 19.3. The van der Waals surface area contributed by atoms with E-state index in [1.54, 1.807) is 18.4 Å². The zero-order chi connectivity index (χ0) is 26.4. The number of anilines is 2. The Balaban J connectivity index is 1.22. The van der Waals surface area contributed by atoms with E-state index in [4.69, 9.17) is 24.2 Å². The minimum Gasteiger partial charge on any atom is -0.494 e. The van der Waals surface area contributed by atoms with Crippen LogP contribution in [-0.2, 0) is 9.47 Å². The Kier molecular flexibility index (Phi) is 8.75. The van der Waals surface area contributed by atoms with E-state index in [9.17, 15) is 0 Å². The maximum atomic E-state index is 5.82. The smallest absolute Gasteiger partial charge is 0.185 e. The highest BCUT2D eigenvalue weighted by Crippen LogP contribution is 2.37. The summed E-state index contributed by atoms with van der Waals surface area (Å²) in [4.78, 5) is 20.0. The average Bonchev–Trinajstić information content (AvgIpc) is 3.36. The molecule has 2 aromatic heterocycles. The van der Waals surface area contributed by atoms with Crippen molar-refractivity contribution in [2.45, 2.75) is 18.9 Å². The number of rotatable bonds is 8. The van der Waals surface area contributed by atoms with Crippen molar-refractivity contribution >= 4 is 33.1 Å². The van der Waals surface area contributed by atoms with Crippen LogP contribution in [0.1, 0.15) is 24.6 Å². The number of aromatic nitrogens is 2. The van der Waals surface area contributed by atoms with E-state index in [-0.39, 0.29) is 0 Å². The highest BCUT2D eigenvalue weighted by molar-refractivity contribution is 7.13. The van der Waals surface area contributed by atoms with Crippen molar-refractivity contribution < 1.29 is 14.2 Å². The number of benzene rings is 1. The molecular weight excluding hydrogens is 512 g/mol. The summed E-state index contributed by atoms with van der Waals surface area (Å²) < 4.78 is 17.0. The molecule has 6 rings (SSSR count). The molecular formula is C29H40N6O3S. The van der Waals surface area contributed by atoms with Crippen LogP contribution >= 0.6 is 11.3 Å². The van der Waals surface area contributed by atoms with Gasteiger partial charge in [0.25, 0.3) is 0 Å². The maximum Gasteiger partial charge on any atom is 0.185 e. The first-order valence-electron chi connectivity index (χ1n) is 14.3. The Labute approximate surface area is 235 Å². The molecule has 3 aliphatic rings. The van der Waals surface area contributed by atoms with Crippen molar-refractivity contribution in [1.29, 1.82) is 0 Å². The summed E-state index contributed by atoms with van der Waals surface area (Å²) in [6, 6.07) is 8.61. The summed E-state index contributed by atoms with van der Waals surface area (Å²) in [5.74, 6) is 0.896. The van der Waals surface area contributed by atoms with Crippen molar-refractivity contribution in [3.63, 3.8) is 0 Å². The van der Waals surface area contributed by atoms with Crippen molar-refractivity contribution in [2.24, 2.45) is 0 Å². The SMILES string of the molecule is COc1ccc2cccnc2c1N1CCCN(C(CCN2CCOCC2)c2csc(N3CCOCC3)n2)CC1. The minimum absolute atomic E-state index is 0.298. The van der Waals surface area contributed by atoms with Gasteiger partial charge in [0.2, 0.25) is 0 Å². The lowest BCUT2D eigenvalue weighted by atomic mass is 10.1. The lowest BCUT2D eigenvalue weighted by Crippen LogP contribution is -2.40. The van der Waals surface area contributed by atoms with Crippen LogP contribution < -0.4 is 14.5 Å². The van der Waals surface area contributed by atoms with Crippen molar-refractivity contribution in [2.75, 3.05) is 102 Å². The Morgan fingerprint density at radius 2 is 1.74 bits per heavy atom. The second kappa shape index (κ2) is 12.8. The monoisotopic (exact) mass is 552 g/mol. The highest BCUT2D eigenvalue weighted by atomic mass is 32.1. The number of nitrogens with zero attached hydrogens (tertiary/aromatic N) is 6. The number of hydrogen-bond acceptors (Lipinski definition) is 10. The van der Waals surface area contributed by atoms with Gasteiger partial charge in [0.05, 0.1) is 50.8 Å². The summed E-state index contributed by atoms with van der Waals surface area (Å²) in [6.07, 6.45) is 4.04. The van der Waals surface area contributed by atoms with Gasteiger partial charge in [-0.25, -0.2) is 4.98 Å². The first kappa shape index (κ1) is 26.7. The average molecular weight is 553 g/mol. The maximum absolute atomic E-state index is 5.82. The van der Waals surface area contributed by atoms with Crippen LogP contribution in [0, 0.1) is 0 Å². The zero-order valence-electron chi connectivity index (χ0n) is 23.0. The number of ether oxygens (including phenoxy) is 3. The fourth-order valence-corrected chi connectivity index (χ4v) is 6.96. The normalized spacial score (nSPS) is 20.7.